The van der Waals surface area contributed by atoms with Crippen molar-refractivity contribution in [1.29, 1.82) is 0 Å². The number of halogens is 3. The molecule has 0 aliphatic carbocycles. The second-order valence-corrected chi connectivity index (χ2v) is 4.57. The minimum Gasteiger partial charge on any atom is -0.480 e. The zero-order chi connectivity index (χ0) is 16.2. The molecule has 1 aromatic carbocycles. The third-order valence-electron chi connectivity index (χ3n) is 2.63. The van der Waals surface area contributed by atoms with Crippen molar-refractivity contribution >= 4 is 11.9 Å². The average Bonchev–Trinajstić information content (AvgIpc) is 2.36. The summed E-state index contributed by atoms with van der Waals surface area (Å²) < 4.78 is 38.4. The number of alkyl halides is 3. The van der Waals surface area contributed by atoms with Crippen LogP contribution in [-0.4, -0.2) is 23.0 Å². The number of aliphatic carboxylic acids is 1. The Hall–Kier alpha value is -2.31. The Morgan fingerprint density at radius 1 is 1.33 bits per heavy atom. The van der Waals surface area contributed by atoms with Gasteiger partial charge < -0.3 is 10.4 Å². The maximum absolute atomic E-state index is 12.8. The first-order valence-corrected chi connectivity index (χ1v) is 5.97. The number of nitrogens with one attached hydrogen (secondary N) is 1. The smallest absolute Gasteiger partial charge is 0.417 e. The summed E-state index contributed by atoms with van der Waals surface area (Å²) in [6.07, 6.45) is -4.75. The summed E-state index contributed by atoms with van der Waals surface area (Å²) in [5.41, 5.74) is -1.23. The summed E-state index contributed by atoms with van der Waals surface area (Å²) in [6, 6.07) is 2.87. The molecule has 0 aromatic heterocycles. The minimum atomic E-state index is -4.69. The maximum atomic E-state index is 12.8. The van der Waals surface area contributed by atoms with Gasteiger partial charge in [-0.05, 0) is 25.5 Å². The SMILES string of the molecule is C=C(C)C[C@@H](NC(=O)c1ccccc1C(F)(F)F)C(=O)O. The summed E-state index contributed by atoms with van der Waals surface area (Å²) in [7, 11) is 0. The molecule has 0 fully saturated rings. The zero-order valence-electron chi connectivity index (χ0n) is 11.2. The zero-order valence-corrected chi connectivity index (χ0v) is 11.2. The lowest BCUT2D eigenvalue weighted by atomic mass is 10.0. The summed E-state index contributed by atoms with van der Waals surface area (Å²) in [5, 5.41) is 11.0. The Bertz CT molecular complexity index is 567. The molecule has 1 amide bonds. The number of hydrogen-bond acceptors (Lipinski definition) is 2. The summed E-state index contributed by atoms with van der Waals surface area (Å²) >= 11 is 0. The average molecular weight is 301 g/mol. The molecule has 0 aliphatic heterocycles. The standard InChI is InChI=1S/C14H14F3NO3/c1-8(2)7-11(13(20)21)18-12(19)9-5-3-4-6-10(9)14(15,16)17/h3-6,11H,1,7H2,2H3,(H,18,19)(H,20,21)/t11-/m1/s1. The van der Waals surface area contributed by atoms with E-state index < -0.39 is 35.2 Å². The van der Waals surface area contributed by atoms with Crippen molar-refractivity contribution in [2.75, 3.05) is 0 Å². The molecule has 114 valence electrons. The van der Waals surface area contributed by atoms with E-state index in [0.29, 0.717) is 5.57 Å². The van der Waals surface area contributed by atoms with Gasteiger partial charge in [-0.3, -0.25) is 4.79 Å². The van der Waals surface area contributed by atoms with E-state index in [9.17, 15) is 22.8 Å². The highest BCUT2D eigenvalue weighted by atomic mass is 19.4. The van der Waals surface area contributed by atoms with Crippen molar-refractivity contribution in [3.8, 4) is 0 Å². The van der Waals surface area contributed by atoms with Gasteiger partial charge in [0.15, 0.2) is 0 Å². The van der Waals surface area contributed by atoms with Crippen molar-refractivity contribution in [2.24, 2.45) is 0 Å². The lowest BCUT2D eigenvalue weighted by Gasteiger charge is -2.17. The van der Waals surface area contributed by atoms with Crippen LogP contribution < -0.4 is 5.32 Å². The van der Waals surface area contributed by atoms with Gasteiger partial charge >= 0.3 is 12.1 Å². The van der Waals surface area contributed by atoms with Crippen molar-refractivity contribution in [2.45, 2.75) is 25.6 Å². The molecule has 2 N–H and O–H groups in total. The monoisotopic (exact) mass is 301 g/mol. The van der Waals surface area contributed by atoms with Crippen LogP contribution in [0.1, 0.15) is 29.3 Å². The summed E-state index contributed by atoms with van der Waals surface area (Å²) in [4.78, 5) is 22.9. The van der Waals surface area contributed by atoms with Crippen molar-refractivity contribution in [1.82, 2.24) is 5.32 Å². The van der Waals surface area contributed by atoms with Crippen LogP contribution in [0.15, 0.2) is 36.4 Å². The van der Waals surface area contributed by atoms with Crippen LogP contribution in [0.5, 0.6) is 0 Å². The molecule has 0 heterocycles. The molecule has 0 saturated heterocycles. The van der Waals surface area contributed by atoms with Gasteiger partial charge in [0, 0.05) is 0 Å². The number of hydrogen-bond donors (Lipinski definition) is 2. The lowest BCUT2D eigenvalue weighted by Crippen LogP contribution is -2.41. The van der Waals surface area contributed by atoms with Crippen LogP contribution in [-0.2, 0) is 11.0 Å². The third kappa shape index (κ3) is 4.62. The van der Waals surface area contributed by atoms with E-state index in [0.717, 1.165) is 18.2 Å². The number of rotatable bonds is 5. The van der Waals surface area contributed by atoms with Crippen LogP contribution >= 0.6 is 0 Å². The van der Waals surface area contributed by atoms with Crippen LogP contribution in [0.3, 0.4) is 0 Å². The van der Waals surface area contributed by atoms with E-state index >= 15 is 0 Å². The molecular weight excluding hydrogens is 287 g/mol. The third-order valence-corrected chi connectivity index (χ3v) is 2.63. The van der Waals surface area contributed by atoms with Gasteiger partial charge in [-0.1, -0.05) is 17.7 Å². The van der Waals surface area contributed by atoms with Gasteiger partial charge in [-0.2, -0.15) is 13.2 Å². The first kappa shape index (κ1) is 16.7. The number of carbonyl (C=O) groups excluding carboxylic acids is 1. The predicted molar refractivity (Wildman–Crippen MR) is 69.8 cm³/mol. The number of carboxylic acid groups (broad SMARTS) is 1. The van der Waals surface area contributed by atoms with Crippen LogP contribution in [0.25, 0.3) is 0 Å². The van der Waals surface area contributed by atoms with Crippen molar-refractivity contribution in [3.63, 3.8) is 0 Å². The highest BCUT2D eigenvalue weighted by molar-refractivity contribution is 5.98. The predicted octanol–water partition coefficient (Wildman–Crippen LogP) is 2.85. The molecule has 0 unspecified atom stereocenters. The molecular formula is C14H14F3NO3. The highest BCUT2D eigenvalue weighted by Crippen LogP contribution is 2.31. The largest absolute Gasteiger partial charge is 0.480 e. The topological polar surface area (TPSA) is 66.4 Å². The van der Waals surface area contributed by atoms with Crippen LogP contribution in [0.2, 0.25) is 0 Å². The van der Waals surface area contributed by atoms with Crippen molar-refractivity contribution in [3.05, 3.63) is 47.5 Å². The second kappa shape index (κ2) is 6.43. The van der Waals surface area contributed by atoms with Gasteiger partial charge in [0.05, 0.1) is 11.1 Å². The van der Waals surface area contributed by atoms with E-state index in [1.54, 1.807) is 6.92 Å². The fraction of sp³-hybridized carbons (Fsp3) is 0.286. The van der Waals surface area contributed by atoms with Gasteiger partial charge in [-0.25, -0.2) is 4.79 Å². The van der Waals surface area contributed by atoms with E-state index in [-0.39, 0.29) is 6.42 Å². The van der Waals surface area contributed by atoms with Gasteiger partial charge in [0.1, 0.15) is 6.04 Å². The Labute approximate surface area is 119 Å². The normalized spacial score (nSPS) is 12.6. The van der Waals surface area contributed by atoms with E-state index in [1.165, 1.54) is 6.07 Å². The van der Waals surface area contributed by atoms with Gasteiger partial charge in [-0.15, -0.1) is 6.58 Å². The molecule has 21 heavy (non-hydrogen) atoms. The first-order valence-electron chi connectivity index (χ1n) is 5.97. The molecule has 1 atom stereocenters. The van der Waals surface area contributed by atoms with Gasteiger partial charge in [0.2, 0.25) is 0 Å². The molecule has 0 spiro atoms. The number of amides is 1. The fourth-order valence-corrected chi connectivity index (χ4v) is 1.71. The summed E-state index contributed by atoms with van der Waals surface area (Å²) in [6.45, 7) is 5.08. The van der Waals surface area contributed by atoms with Crippen molar-refractivity contribution < 1.29 is 27.9 Å². The molecule has 0 radical (unpaired) electrons. The van der Waals surface area contributed by atoms with Crippen LogP contribution in [0, 0.1) is 0 Å². The van der Waals surface area contributed by atoms with Crippen LogP contribution in [0.4, 0.5) is 13.2 Å². The molecule has 4 nitrogen and oxygen atoms in total. The number of carbonyl (C=O) groups is 2. The number of carboxylic acids is 1. The number of benzene rings is 1. The molecule has 0 aliphatic rings. The Morgan fingerprint density at radius 2 is 1.90 bits per heavy atom. The highest BCUT2D eigenvalue weighted by Gasteiger charge is 2.35. The Balaban J connectivity index is 3.04. The summed E-state index contributed by atoms with van der Waals surface area (Å²) in [5.74, 6) is -2.42. The second-order valence-electron chi connectivity index (χ2n) is 4.57. The van der Waals surface area contributed by atoms with E-state index in [4.69, 9.17) is 5.11 Å². The Kier molecular flexibility index (Phi) is 5.12. The molecule has 0 saturated carbocycles. The van der Waals surface area contributed by atoms with E-state index in [1.807, 2.05) is 0 Å². The Morgan fingerprint density at radius 3 is 2.38 bits per heavy atom. The first-order chi connectivity index (χ1) is 9.62. The fourth-order valence-electron chi connectivity index (χ4n) is 1.71. The molecule has 0 bridgehead atoms. The quantitative estimate of drug-likeness (QED) is 0.822. The van der Waals surface area contributed by atoms with Gasteiger partial charge in [0.25, 0.3) is 5.91 Å². The maximum Gasteiger partial charge on any atom is 0.417 e. The minimum absolute atomic E-state index is 0.0603. The lowest BCUT2D eigenvalue weighted by molar-refractivity contribution is -0.139. The molecule has 7 heteroatoms. The van der Waals surface area contributed by atoms with E-state index in [2.05, 4.69) is 11.9 Å². The molecule has 1 aromatic rings. The molecule has 1 rings (SSSR count).